The Balaban J connectivity index is 1.37. The molecule has 1 saturated heterocycles. The van der Waals surface area contributed by atoms with Gasteiger partial charge in [0.05, 0.1) is 16.9 Å². The maximum Gasteiger partial charge on any atom is 0.416 e. The molecule has 0 aliphatic carbocycles. The highest BCUT2D eigenvalue weighted by Gasteiger charge is 2.31. The number of nitrogens with one attached hydrogen (secondary N) is 1. The molecular weight excluding hydrogens is 419 g/mol. The summed E-state index contributed by atoms with van der Waals surface area (Å²) in [5, 5.41) is 2.79. The molecule has 0 spiro atoms. The molecule has 4 rings (SSSR count). The number of rotatable bonds is 4. The number of aromatic nitrogens is 1. The summed E-state index contributed by atoms with van der Waals surface area (Å²) >= 11 is 0. The largest absolute Gasteiger partial charge is 0.416 e. The third kappa shape index (κ3) is 4.77. The lowest BCUT2D eigenvalue weighted by Crippen LogP contribution is -2.46. The lowest BCUT2D eigenvalue weighted by atomic mass is 10.1. The maximum absolute atomic E-state index is 13.0. The fourth-order valence-electron chi connectivity index (χ4n) is 3.59. The monoisotopic (exact) mass is 441 g/mol. The highest BCUT2D eigenvalue weighted by molar-refractivity contribution is 6.05. The summed E-state index contributed by atoms with van der Waals surface area (Å²) in [5.41, 5.74) is 7.66. The van der Waals surface area contributed by atoms with Gasteiger partial charge in [0.15, 0.2) is 0 Å². The van der Waals surface area contributed by atoms with E-state index in [1.165, 1.54) is 6.20 Å². The number of piperazine rings is 1. The van der Waals surface area contributed by atoms with Crippen molar-refractivity contribution in [2.75, 3.05) is 47.0 Å². The Morgan fingerprint density at radius 1 is 0.938 bits per heavy atom. The van der Waals surface area contributed by atoms with E-state index >= 15 is 0 Å². The number of hydrogen-bond donors (Lipinski definition) is 2. The van der Waals surface area contributed by atoms with Crippen molar-refractivity contribution in [1.29, 1.82) is 0 Å². The predicted octanol–water partition coefficient (Wildman–Crippen LogP) is 4.26. The molecular formula is C23H22F3N5O. The molecule has 0 saturated carbocycles. The average Bonchev–Trinajstić information content (AvgIpc) is 2.80. The molecule has 6 nitrogen and oxygen atoms in total. The van der Waals surface area contributed by atoms with Gasteiger partial charge in [-0.15, -0.1) is 0 Å². The smallest absolute Gasteiger partial charge is 0.397 e. The molecule has 3 aromatic rings. The standard InChI is InChI=1S/C23H22F3N5O/c24-23(25,26)17-9-10-28-21(15-17)31-13-11-30(12-14-31)18-7-5-16(6-8-18)22(32)29-20-4-2-1-3-19(20)27/h1-10,15H,11-14,27H2,(H,29,32). The van der Waals surface area contributed by atoms with Gasteiger partial charge in [0.2, 0.25) is 0 Å². The van der Waals surface area contributed by atoms with Crippen LogP contribution in [-0.2, 0) is 6.18 Å². The lowest BCUT2D eigenvalue weighted by Gasteiger charge is -2.37. The van der Waals surface area contributed by atoms with Crippen LogP contribution in [0.2, 0.25) is 0 Å². The van der Waals surface area contributed by atoms with Crippen molar-refractivity contribution in [2.24, 2.45) is 0 Å². The van der Waals surface area contributed by atoms with Gasteiger partial charge in [-0.05, 0) is 48.5 Å². The quantitative estimate of drug-likeness (QED) is 0.592. The van der Waals surface area contributed by atoms with Crippen LogP contribution >= 0.6 is 0 Å². The second-order valence-electron chi connectivity index (χ2n) is 7.46. The normalized spacial score (nSPS) is 14.3. The summed E-state index contributed by atoms with van der Waals surface area (Å²) in [5.74, 6) is 0.0709. The molecule has 9 heteroatoms. The van der Waals surface area contributed by atoms with Crippen LogP contribution < -0.4 is 20.9 Å². The van der Waals surface area contributed by atoms with E-state index < -0.39 is 11.7 Å². The first-order valence-electron chi connectivity index (χ1n) is 10.1. The SMILES string of the molecule is Nc1ccccc1NC(=O)c1ccc(N2CCN(c3cc(C(F)(F)F)ccn3)CC2)cc1. The number of carbonyl (C=O) groups is 1. The number of anilines is 4. The number of para-hydroxylation sites is 2. The molecule has 1 aliphatic heterocycles. The zero-order valence-corrected chi connectivity index (χ0v) is 17.1. The molecule has 2 aromatic carbocycles. The van der Waals surface area contributed by atoms with E-state index in [-0.39, 0.29) is 5.91 Å². The van der Waals surface area contributed by atoms with Crippen molar-refractivity contribution >= 4 is 28.8 Å². The third-order valence-electron chi connectivity index (χ3n) is 5.38. The van der Waals surface area contributed by atoms with E-state index in [9.17, 15) is 18.0 Å². The molecule has 32 heavy (non-hydrogen) atoms. The zero-order valence-electron chi connectivity index (χ0n) is 17.1. The van der Waals surface area contributed by atoms with Crippen LogP contribution in [0.4, 0.5) is 36.1 Å². The number of halogens is 3. The molecule has 166 valence electrons. The van der Waals surface area contributed by atoms with E-state index in [2.05, 4.69) is 15.2 Å². The lowest BCUT2D eigenvalue weighted by molar-refractivity contribution is -0.137. The summed E-state index contributed by atoms with van der Waals surface area (Å²) in [6.07, 6.45) is -3.20. The number of benzene rings is 2. The average molecular weight is 441 g/mol. The molecule has 1 amide bonds. The highest BCUT2D eigenvalue weighted by Crippen LogP contribution is 2.31. The van der Waals surface area contributed by atoms with Crippen molar-refractivity contribution < 1.29 is 18.0 Å². The van der Waals surface area contributed by atoms with Gasteiger partial charge in [0.1, 0.15) is 5.82 Å². The fourth-order valence-corrected chi connectivity index (χ4v) is 3.59. The zero-order chi connectivity index (χ0) is 22.7. The topological polar surface area (TPSA) is 74.5 Å². The number of nitrogens with zero attached hydrogens (tertiary/aromatic N) is 3. The van der Waals surface area contributed by atoms with Crippen molar-refractivity contribution in [3.63, 3.8) is 0 Å². The van der Waals surface area contributed by atoms with Crippen molar-refractivity contribution in [1.82, 2.24) is 4.98 Å². The number of amides is 1. The number of alkyl halides is 3. The molecule has 0 bridgehead atoms. The van der Waals surface area contributed by atoms with E-state index in [0.717, 1.165) is 17.8 Å². The Kier molecular flexibility index (Phi) is 5.89. The number of nitrogen functional groups attached to an aromatic ring is 1. The molecule has 1 aliphatic rings. The number of carbonyl (C=O) groups excluding carboxylic acids is 1. The molecule has 1 fully saturated rings. The molecule has 1 aromatic heterocycles. The molecule has 3 N–H and O–H groups in total. The van der Waals surface area contributed by atoms with Crippen LogP contribution in [0.25, 0.3) is 0 Å². The Labute approximate surface area is 183 Å². The van der Waals surface area contributed by atoms with Crippen LogP contribution in [0, 0.1) is 0 Å². The minimum absolute atomic E-state index is 0.255. The fraction of sp³-hybridized carbons (Fsp3) is 0.217. The Morgan fingerprint density at radius 3 is 2.25 bits per heavy atom. The minimum Gasteiger partial charge on any atom is -0.397 e. The van der Waals surface area contributed by atoms with Gasteiger partial charge in [-0.1, -0.05) is 12.1 Å². The first-order valence-corrected chi connectivity index (χ1v) is 10.1. The number of pyridine rings is 1. The highest BCUT2D eigenvalue weighted by atomic mass is 19.4. The predicted molar refractivity (Wildman–Crippen MR) is 119 cm³/mol. The summed E-state index contributed by atoms with van der Waals surface area (Å²) in [6.45, 7) is 2.35. The van der Waals surface area contributed by atoms with Crippen molar-refractivity contribution in [2.45, 2.75) is 6.18 Å². The molecule has 2 heterocycles. The van der Waals surface area contributed by atoms with Gasteiger partial charge in [0.25, 0.3) is 5.91 Å². The van der Waals surface area contributed by atoms with Gasteiger partial charge >= 0.3 is 6.18 Å². The minimum atomic E-state index is -4.39. The Morgan fingerprint density at radius 2 is 1.59 bits per heavy atom. The third-order valence-corrected chi connectivity index (χ3v) is 5.38. The summed E-state index contributed by atoms with van der Waals surface area (Å²) in [7, 11) is 0. The second-order valence-corrected chi connectivity index (χ2v) is 7.46. The van der Waals surface area contributed by atoms with Crippen LogP contribution in [-0.4, -0.2) is 37.1 Å². The van der Waals surface area contributed by atoms with Crippen molar-refractivity contribution in [3.8, 4) is 0 Å². The maximum atomic E-state index is 13.0. The number of nitrogens with two attached hydrogens (primary N) is 1. The molecule has 0 atom stereocenters. The van der Waals surface area contributed by atoms with Crippen LogP contribution in [0.15, 0.2) is 66.9 Å². The summed E-state index contributed by atoms with van der Waals surface area (Å²) in [4.78, 5) is 20.5. The summed E-state index contributed by atoms with van der Waals surface area (Å²) in [6, 6.07) is 16.3. The van der Waals surface area contributed by atoms with E-state index in [1.54, 1.807) is 36.4 Å². The summed E-state index contributed by atoms with van der Waals surface area (Å²) < 4.78 is 38.9. The molecule has 0 unspecified atom stereocenters. The Bertz CT molecular complexity index is 1090. The van der Waals surface area contributed by atoms with Crippen LogP contribution in [0.1, 0.15) is 15.9 Å². The van der Waals surface area contributed by atoms with Gasteiger partial charge in [-0.25, -0.2) is 4.98 Å². The van der Waals surface area contributed by atoms with Crippen LogP contribution in [0.3, 0.4) is 0 Å². The van der Waals surface area contributed by atoms with E-state index in [0.29, 0.717) is 48.9 Å². The van der Waals surface area contributed by atoms with Gasteiger partial charge < -0.3 is 20.9 Å². The van der Waals surface area contributed by atoms with Crippen LogP contribution in [0.5, 0.6) is 0 Å². The molecule has 0 radical (unpaired) electrons. The first-order chi connectivity index (χ1) is 15.3. The van der Waals surface area contributed by atoms with E-state index in [4.69, 9.17) is 5.73 Å². The van der Waals surface area contributed by atoms with E-state index in [1.807, 2.05) is 17.0 Å². The van der Waals surface area contributed by atoms with Gasteiger partial charge in [0, 0.05) is 43.6 Å². The van der Waals surface area contributed by atoms with Gasteiger partial charge in [-0.3, -0.25) is 4.79 Å². The number of hydrogen-bond acceptors (Lipinski definition) is 5. The Hall–Kier alpha value is -3.75. The van der Waals surface area contributed by atoms with Gasteiger partial charge in [-0.2, -0.15) is 13.2 Å². The first kappa shape index (κ1) is 21.5. The van der Waals surface area contributed by atoms with Crippen molar-refractivity contribution in [3.05, 3.63) is 78.0 Å². The second kappa shape index (κ2) is 8.78.